The number of carbonyl (C=O) groups is 2. The zero-order valence-electron chi connectivity index (χ0n) is 15.1. The number of hydrogen-bond acceptors (Lipinski definition) is 5. The number of likely N-dealkylation sites (tertiary alicyclic amines) is 1. The van der Waals surface area contributed by atoms with Crippen molar-refractivity contribution >= 4 is 33.4 Å². The van der Waals surface area contributed by atoms with E-state index in [0.717, 1.165) is 22.3 Å². The van der Waals surface area contributed by atoms with Crippen LogP contribution in [0.5, 0.6) is 0 Å². The molecule has 2 unspecified atom stereocenters. The summed E-state index contributed by atoms with van der Waals surface area (Å²) in [7, 11) is 1.86. The monoisotopic (exact) mass is 363 g/mol. The minimum atomic E-state index is -0.558. The summed E-state index contributed by atoms with van der Waals surface area (Å²) in [6.07, 6.45) is 0.901. The SMILES string of the molecule is Cc1nn(C)c2sc(C(=O)NC(C)C(=O)N3CCC(C)(CN)C3)cc12. The number of hydrogen-bond donors (Lipinski definition) is 2. The first-order chi connectivity index (χ1) is 11.7. The molecule has 1 aliphatic rings. The van der Waals surface area contributed by atoms with Crippen LogP contribution in [0.1, 0.15) is 35.6 Å². The Morgan fingerprint density at radius 1 is 1.52 bits per heavy atom. The topological polar surface area (TPSA) is 93.2 Å². The van der Waals surface area contributed by atoms with Crippen molar-refractivity contribution in [2.45, 2.75) is 33.2 Å². The molecule has 3 N–H and O–H groups in total. The van der Waals surface area contributed by atoms with Crippen LogP contribution in [0.25, 0.3) is 10.2 Å². The number of amides is 2. The molecule has 8 heteroatoms. The van der Waals surface area contributed by atoms with E-state index in [0.29, 0.717) is 24.5 Å². The number of aryl methyl sites for hydroxylation is 2. The molecule has 2 amide bonds. The summed E-state index contributed by atoms with van der Waals surface area (Å²) in [5.41, 5.74) is 6.68. The molecule has 2 atom stereocenters. The van der Waals surface area contributed by atoms with E-state index >= 15 is 0 Å². The Bertz CT molecular complexity index is 792. The molecule has 3 rings (SSSR count). The van der Waals surface area contributed by atoms with E-state index in [1.807, 2.05) is 20.0 Å². The highest BCUT2D eigenvalue weighted by atomic mass is 32.1. The fourth-order valence-corrected chi connectivity index (χ4v) is 4.33. The van der Waals surface area contributed by atoms with Crippen molar-refractivity contribution in [3.05, 3.63) is 16.6 Å². The van der Waals surface area contributed by atoms with E-state index in [-0.39, 0.29) is 17.2 Å². The predicted octanol–water partition coefficient (Wildman–Crippen LogP) is 1.26. The van der Waals surface area contributed by atoms with Crippen LogP contribution in [0, 0.1) is 12.3 Å². The minimum Gasteiger partial charge on any atom is -0.340 e. The second kappa shape index (κ2) is 6.42. The first-order valence-electron chi connectivity index (χ1n) is 8.47. The number of nitrogens with zero attached hydrogens (tertiary/aromatic N) is 3. The highest BCUT2D eigenvalue weighted by Crippen LogP contribution is 2.29. The third-order valence-corrected chi connectivity index (χ3v) is 6.20. The lowest BCUT2D eigenvalue weighted by atomic mass is 9.90. The number of rotatable bonds is 4. The molecule has 7 nitrogen and oxygen atoms in total. The molecule has 25 heavy (non-hydrogen) atoms. The second-order valence-electron chi connectivity index (χ2n) is 7.26. The third kappa shape index (κ3) is 3.28. The molecule has 1 fully saturated rings. The summed E-state index contributed by atoms with van der Waals surface area (Å²) >= 11 is 1.39. The Labute approximate surface area is 151 Å². The standard InChI is InChI=1S/C17H25N5O2S/c1-10-12-7-13(25-16(12)21(4)20-10)14(23)19-11(2)15(24)22-6-5-17(3,8-18)9-22/h7,11H,5-6,8-9,18H2,1-4H3,(H,19,23). The summed E-state index contributed by atoms with van der Waals surface area (Å²) in [5.74, 6) is -0.272. The van der Waals surface area contributed by atoms with Crippen LogP contribution < -0.4 is 11.1 Å². The van der Waals surface area contributed by atoms with Gasteiger partial charge in [-0.3, -0.25) is 14.3 Å². The van der Waals surface area contributed by atoms with E-state index < -0.39 is 6.04 Å². The smallest absolute Gasteiger partial charge is 0.262 e. The normalized spacial score (nSPS) is 21.7. The lowest BCUT2D eigenvalue weighted by molar-refractivity contribution is -0.132. The van der Waals surface area contributed by atoms with E-state index in [4.69, 9.17) is 5.73 Å². The highest BCUT2D eigenvalue weighted by Gasteiger charge is 2.36. The Hall–Kier alpha value is -1.93. The summed E-state index contributed by atoms with van der Waals surface area (Å²) < 4.78 is 1.78. The van der Waals surface area contributed by atoms with Crippen LogP contribution in [0.4, 0.5) is 0 Å². The van der Waals surface area contributed by atoms with E-state index in [1.54, 1.807) is 16.5 Å². The molecule has 0 radical (unpaired) electrons. The fraction of sp³-hybridized carbons (Fsp3) is 0.588. The van der Waals surface area contributed by atoms with Gasteiger partial charge in [0.05, 0.1) is 10.6 Å². The van der Waals surface area contributed by atoms with E-state index in [2.05, 4.69) is 17.3 Å². The minimum absolute atomic E-state index is 0.0185. The van der Waals surface area contributed by atoms with Gasteiger partial charge < -0.3 is 16.0 Å². The van der Waals surface area contributed by atoms with Gasteiger partial charge in [-0.2, -0.15) is 5.10 Å². The third-order valence-electron chi connectivity index (χ3n) is 5.00. The molecule has 1 aliphatic heterocycles. The fourth-order valence-electron chi connectivity index (χ4n) is 3.30. The van der Waals surface area contributed by atoms with Gasteiger partial charge in [0.1, 0.15) is 10.9 Å². The molecule has 2 aromatic heterocycles. The number of nitrogens with one attached hydrogen (secondary N) is 1. The summed E-state index contributed by atoms with van der Waals surface area (Å²) in [6, 6.07) is 1.29. The van der Waals surface area contributed by atoms with Crippen LogP contribution in [-0.4, -0.2) is 52.2 Å². The average Bonchev–Trinajstić information content (AvgIpc) is 3.24. The number of aromatic nitrogens is 2. The van der Waals surface area contributed by atoms with E-state index in [9.17, 15) is 9.59 Å². The van der Waals surface area contributed by atoms with Crippen molar-refractivity contribution in [3.8, 4) is 0 Å². The van der Waals surface area contributed by atoms with Gasteiger partial charge in [-0.05, 0) is 38.3 Å². The van der Waals surface area contributed by atoms with Crippen molar-refractivity contribution in [3.63, 3.8) is 0 Å². The molecular weight excluding hydrogens is 338 g/mol. The molecule has 136 valence electrons. The first kappa shape index (κ1) is 17.9. The number of thiophene rings is 1. The van der Waals surface area contributed by atoms with Gasteiger partial charge in [0.15, 0.2) is 0 Å². The highest BCUT2D eigenvalue weighted by molar-refractivity contribution is 7.20. The van der Waals surface area contributed by atoms with Crippen molar-refractivity contribution in [2.24, 2.45) is 18.2 Å². The number of fused-ring (bicyclic) bond motifs is 1. The van der Waals surface area contributed by atoms with Crippen molar-refractivity contribution < 1.29 is 9.59 Å². The molecular formula is C17H25N5O2S. The van der Waals surface area contributed by atoms with Crippen molar-refractivity contribution in [2.75, 3.05) is 19.6 Å². The van der Waals surface area contributed by atoms with Crippen molar-refractivity contribution in [1.82, 2.24) is 20.0 Å². The number of nitrogens with two attached hydrogens (primary N) is 1. The van der Waals surface area contributed by atoms with Crippen LogP contribution in [0.3, 0.4) is 0 Å². The average molecular weight is 363 g/mol. The van der Waals surface area contributed by atoms with Gasteiger partial charge in [-0.15, -0.1) is 11.3 Å². The molecule has 2 aromatic rings. The zero-order chi connectivity index (χ0) is 18.4. The van der Waals surface area contributed by atoms with Gasteiger partial charge in [0.2, 0.25) is 5.91 Å². The summed E-state index contributed by atoms with van der Waals surface area (Å²) in [5, 5.41) is 8.15. The van der Waals surface area contributed by atoms with E-state index in [1.165, 1.54) is 11.3 Å². The zero-order valence-corrected chi connectivity index (χ0v) is 15.9. The first-order valence-corrected chi connectivity index (χ1v) is 9.28. The Morgan fingerprint density at radius 2 is 2.24 bits per heavy atom. The van der Waals surface area contributed by atoms with Crippen LogP contribution in [0.2, 0.25) is 0 Å². The molecule has 0 aliphatic carbocycles. The predicted molar refractivity (Wildman–Crippen MR) is 98.6 cm³/mol. The van der Waals surface area contributed by atoms with Gasteiger partial charge >= 0.3 is 0 Å². The summed E-state index contributed by atoms with van der Waals surface area (Å²) in [6.45, 7) is 7.66. The second-order valence-corrected chi connectivity index (χ2v) is 8.29. The lowest BCUT2D eigenvalue weighted by Crippen LogP contribution is -2.46. The molecule has 3 heterocycles. The van der Waals surface area contributed by atoms with Gasteiger partial charge in [-0.1, -0.05) is 6.92 Å². The maximum absolute atomic E-state index is 12.6. The van der Waals surface area contributed by atoms with Gasteiger partial charge in [0, 0.05) is 25.5 Å². The molecule has 0 bridgehead atoms. The maximum atomic E-state index is 12.6. The van der Waals surface area contributed by atoms with Gasteiger partial charge in [-0.25, -0.2) is 0 Å². The molecule has 0 aromatic carbocycles. The molecule has 0 spiro atoms. The van der Waals surface area contributed by atoms with Crippen LogP contribution in [0.15, 0.2) is 6.07 Å². The maximum Gasteiger partial charge on any atom is 0.262 e. The quantitative estimate of drug-likeness (QED) is 0.855. The Kier molecular flexibility index (Phi) is 4.59. The van der Waals surface area contributed by atoms with Crippen molar-refractivity contribution in [1.29, 1.82) is 0 Å². The summed E-state index contributed by atoms with van der Waals surface area (Å²) in [4.78, 5) is 28.5. The van der Waals surface area contributed by atoms with Crippen LogP contribution in [-0.2, 0) is 11.8 Å². The van der Waals surface area contributed by atoms with Crippen LogP contribution >= 0.6 is 11.3 Å². The Balaban J connectivity index is 1.67. The number of carbonyl (C=O) groups excluding carboxylic acids is 2. The Morgan fingerprint density at radius 3 is 2.84 bits per heavy atom. The largest absolute Gasteiger partial charge is 0.340 e. The molecule has 0 saturated carbocycles. The molecule has 1 saturated heterocycles. The van der Waals surface area contributed by atoms with Gasteiger partial charge in [0.25, 0.3) is 5.91 Å². The lowest BCUT2D eigenvalue weighted by Gasteiger charge is -2.25.